The predicted octanol–water partition coefficient (Wildman–Crippen LogP) is 3.97. The maximum atomic E-state index is 13.0. The van der Waals surface area contributed by atoms with Crippen LogP contribution < -0.4 is 10.1 Å². The highest BCUT2D eigenvalue weighted by Gasteiger charge is 2.28. The van der Waals surface area contributed by atoms with Crippen molar-refractivity contribution in [1.82, 2.24) is 10.2 Å². The van der Waals surface area contributed by atoms with Gasteiger partial charge in [0.25, 0.3) is 5.91 Å². The van der Waals surface area contributed by atoms with Crippen LogP contribution >= 0.6 is 11.6 Å². The van der Waals surface area contributed by atoms with E-state index in [4.69, 9.17) is 16.3 Å². The fourth-order valence-electron chi connectivity index (χ4n) is 2.89. The Hall–Kier alpha value is -2.53. The summed E-state index contributed by atoms with van der Waals surface area (Å²) in [6.07, 6.45) is 0.514. The summed E-state index contributed by atoms with van der Waals surface area (Å²) in [5.74, 6) is 0.106. The van der Waals surface area contributed by atoms with Crippen LogP contribution in [0.2, 0.25) is 5.02 Å². The van der Waals surface area contributed by atoms with Crippen molar-refractivity contribution in [2.24, 2.45) is 0 Å². The minimum absolute atomic E-state index is 0.159. The molecule has 150 valence electrons. The van der Waals surface area contributed by atoms with E-state index in [2.05, 4.69) is 5.32 Å². The number of hydrogen-bond donors (Lipinski definition) is 1. The molecule has 0 aromatic heterocycles. The van der Waals surface area contributed by atoms with Crippen LogP contribution in [-0.2, 0) is 16.1 Å². The van der Waals surface area contributed by atoms with Gasteiger partial charge in [0.2, 0.25) is 5.91 Å². The van der Waals surface area contributed by atoms with Crippen molar-refractivity contribution in [1.29, 1.82) is 0 Å². The molecule has 2 rings (SSSR count). The van der Waals surface area contributed by atoms with Crippen molar-refractivity contribution in [2.75, 3.05) is 13.2 Å². The molecule has 0 aliphatic heterocycles. The Labute approximate surface area is 171 Å². The van der Waals surface area contributed by atoms with E-state index < -0.39 is 6.04 Å². The Balaban J connectivity index is 2.18. The van der Waals surface area contributed by atoms with Gasteiger partial charge in [-0.3, -0.25) is 9.59 Å². The van der Waals surface area contributed by atoms with Crippen LogP contribution in [0, 0.1) is 6.92 Å². The van der Waals surface area contributed by atoms with E-state index in [0.29, 0.717) is 30.3 Å². The Morgan fingerprint density at radius 1 is 1.14 bits per heavy atom. The maximum Gasteiger partial charge on any atom is 0.261 e. The summed E-state index contributed by atoms with van der Waals surface area (Å²) in [6.45, 7) is 6.46. The normalized spacial score (nSPS) is 11.6. The van der Waals surface area contributed by atoms with E-state index in [9.17, 15) is 9.59 Å². The van der Waals surface area contributed by atoms with E-state index in [0.717, 1.165) is 11.1 Å². The molecule has 0 saturated heterocycles. The third-order valence-electron chi connectivity index (χ3n) is 4.37. The van der Waals surface area contributed by atoms with Crippen molar-refractivity contribution in [3.8, 4) is 5.75 Å². The lowest BCUT2D eigenvalue weighted by molar-refractivity contribution is -0.142. The van der Waals surface area contributed by atoms with Gasteiger partial charge in [-0.1, -0.05) is 54.4 Å². The molecule has 1 N–H and O–H groups in total. The molecule has 0 aliphatic rings. The van der Waals surface area contributed by atoms with Crippen LogP contribution in [0.5, 0.6) is 5.75 Å². The molecule has 0 heterocycles. The first kappa shape index (κ1) is 21.8. The molecule has 0 spiro atoms. The number of aryl methyl sites for hydroxylation is 1. The number of halogens is 1. The first-order chi connectivity index (χ1) is 13.4. The van der Waals surface area contributed by atoms with Crippen molar-refractivity contribution >= 4 is 23.4 Å². The second-order valence-electron chi connectivity index (χ2n) is 6.57. The van der Waals surface area contributed by atoms with Crippen LogP contribution in [0.15, 0.2) is 48.5 Å². The Bertz CT molecular complexity index is 793. The molecule has 2 aromatic carbocycles. The van der Waals surface area contributed by atoms with Gasteiger partial charge in [-0.05, 0) is 44.0 Å². The van der Waals surface area contributed by atoms with Crippen molar-refractivity contribution in [2.45, 2.75) is 39.8 Å². The van der Waals surface area contributed by atoms with Crippen molar-refractivity contribution < 1.29 is 14.3 Å². The van der Waals surface area contributed by atoms with E-state index in [-0.39, 0.29) is 18.4 Å². The minimum atomic E-state index is -0.559. The van der Waals surface area contributed by atoms with E-state index >= 15 is 0 Å². The molecule has 0 bridgehead atoms. The topological polar surface area (TPSA) is 58.6 Å². The highest BCUT2D eigenvalue weighted by molar-refractivity contribution is 6.30. The number of benzene rings is 2. The molecule has 2 amide bonds. The summed E-state index contributed by atoms with van der Waals surface area (Å²) in [4.78, 5) is 27.1. The highest BCUT2D eigenvalue weighted by atomic mass is 35.5. The molecule has 5 nitrogen and oxygen atoms in total. The number of likely N-dealkylation sites (N-methyl/N-ethyl adjacent to an activating group) is 1. The lowest BCUT2D eigenvalue weighted by Crippen LogP contribution is -2.50. The Morgan fingerprint density at radius 2 is 1.86 bits per heavy atom. The van der Waals surface area contributed by atoms with Crippen LogP contribution in [0.3, 0.4) is 0 Å². The number of ether oxygens (including phenoxy) is 1. The molecule has 0 unspecified atom stereocenters. The van der Waals surface area contributed by atoms with Gasteiger partial charge in [0.1, 0.15) is 11.8 Å². The zero-order valence-electron chi connectivity index (χ0n) is 16.6. The zero-order valence-corrected chi connectivity index (χ0v) is 17.3. The molecule has 0 fully saturated rings. The lowest BCUT2D eigenvalue weighted by atomic mass is 10.1. The second kappa shape index (κ2) is 10.7. The summed E-state index contributed by atoms with van der Waals surface area (Å²) in [7, 11) is 0. The Morgan fingerprint density at radius 3 is 2.46 bits per heavy atom. The SMILES string of the molecule is CCNC(=O)[C@@H](CC)N(Cc1ccc(C)cc1)C(=O)COc1cccc(Cl)c1. The largest absolute Gasteiger partial charge is 0.484 e. The molecular formula is C22H27ClN2O3. The third-order valence-corrected chi connectivity index (χ3v) is 4.60. The van der Waals surface area contributed by atoms with Gasteiger partial charge in [0, 0.05) is 18.1 Å². The number of hydrogen-bond acceptors (Lipinski definition) is 3. The van der Waals surface area contributed by atoms with Gasteiger partial charge >= 0.3 is 0 Å². The van der Waals surface area contributed by atoms with Crippen LogP contribution in [0.25, 0.3) is 0 Å². The van der Waals surface area contributed by atoms with Crippen molar-refractivity contribution in [3.63, 3.8) is 0 Å². The van der Waals surface area contributed by atoms with Crippen LogP contribution in [0.4, 0.5) is 0 Å². The first-order valence-electron chi connectivity index (χ1n) is 9.45. The standard InChI is InChI=1S/C22H27ClN2O3/c1-4-20(22(27)24-5-2)25(14-17-11-9-16(3)10-12-17)21(26)15-28-19-8-6-7-18(23)13-19/h6-13,20H,4-5,14-15H2,1-3H3,(H,24,27)/t20-/m1/s1. The maximum absolute atomic E-state index is 13.0. The first-order valence-corrected chi connectivity index (χ1v) is 9.83. The molecule has 2 aromatic rings. The van der Waals surface area contributed by atoms with Gasteiger partial charge in [0.05, 0.1) is 0 Å². The number of nitrogens with one attached hydrogen (secondary N) is 1. The summed E-state index contributed by atoms with van der Waals surface area (Å²) < 4.78 is 5.61. The summed E-state index contributed by atoms with van der Waals surface area (Å²) in [6, 6.07) is 14.3. The molecule has 6 heteroatoms. The van der Waals surface area contributed by atoms with Gasteiger partial charge < -0.3 is 15.0 Å². The monoisotopic (exact) mass is 402 g/mol. The highest BCUT2D eigenvalue weighted by Crippen LogP contribution is 2.18. The molecule has 28 heavy (non-hydrogen) atoms. The smallest absolute Gasteiger partial charge is 0.261 e. The molecule has 0 radical (unpaired) electrons. The fourth-order valence-corrected chi connectivity index (χ4v) is 3.07. The average Bonchev–Trinajstić information content (AvgIpc) is 2.68. The third kappa shape index (κ3) is 6.27. The number of carbonyl (C=O) groups excluding carboxylic acids is 2. The number of amides is 2. The Kier molecular flexibility index (Phi) is 8.33. The van der Waals surface area contributed by atoms with Gasteiger partial charge in [0.15, 0.2) is 6.61 Å². The van der Waals surface area contributed by atoms with Gasteiger partial charge in [-0.25, -0.2) is 0 Å². The number of nitrogens with zero attached hydrogens (tertiary/aromatic N) is 1. The van der Waals surface area contributed by atoms with E-state index in [1.165, 1.54) is 0 Å². The van der Waals surface area contributed by atoms with Crippen LogP contribution in [0.1, 0.15) is 31.4 Å². The van der Waals surface area contributed by atoms with Crippen LogP contribution in [-0.4, -0.2) is 35.9 Å². The average molecular weight is 403 g/mol. The second-order valence-corrected chi connectivity index (χ2v) is 7.01. The minimum Gasteiger partial charge on any atom is -0.484 e. The zero-order chi connectivity index (χ0) is 20.5. The molecule has 0 aliphatic carbocycles. The van der Waals surface area contributed by atoms with E-state index in [1.54, 1.807) is 29.2 Å². The van der Waals surface area contributed by atoms with Gasteiger partial charge in [-0.2, -0.15) is 0 Å². The van der Waals surface area contributed by atoms with Gasteiger partial charge in [-0.15, -0.1) is 0 Å². The quantitative estimate of drug-likeness (QED) is 0.690. The molecule has 1 atom stereocenters. The number of rotatable bonds is 9. The summed E-state index contributed by atoms with van der Waals surface area (Å²) in [5.41, 5.74) is 2.10. The fraction of sp³-hybridized carbons (Fsp3) is 0.364. The number of carbonyl (C=O) groups is 2. The summed E-state index contributed by atoms with van der Waals surface area (Å²) in [5, 5.41) is 3.35. The predicted molar refractivity (Wildman–Crippen MR) is 111 cm³/mol. The summed E-state index contributed by atoms with van der Waals surface area (Å²) >= 11 is 5.96. The molecular weight excluding hydrogens is 376 g/mol. The van der Waals surface area contributed by atoms with E-state index in [1.807, 2.05) is 45.0 Å². The molecule has 0 saturated carbocycles. The lowest BCUT2D eigenvalue weighted by Gasteiger charge is -2.30. The van der Waals surface area contributed by atoms with Crippen molar-refractivity contribution in [3.05, 3.63) is 64.7 Å².